The molecule has 1 atom stereocenters. The van der Waals surface area contributed by atoms with Crippen molar-refractivity contribution in [2.45, 2.75) is 40.0 Å². The van der Waals surface area contributed by atoms with E-state index in [1.54, 1.807) is 6.07 Å². The summed E-state index contributed by atoms with van der Waals surface area (Å²) in [6.07, 6.45) is 0. The highest BCUT2D eigenvalue weighted by Gasteiger charge is 2.28. The van der Waals surface area contributed by atoms with Gasteiger partial charge in [0.2, 0.25) is 0 Å². The van der Waals surface area contributed by atoms with E-state index in [4.69, 9.17) is 28.9 Å². The zero-order valence-corrected chi connectivity index (χ0v) is 16.1. The lowest BCUT2D eigenvalue weighted by molar-refractivity contribution is -0.113. The Morgan fingerprint density at radius 1 is 1.33 bits per heavy atom. The van der Waals surface area contributed by atoms with Gasteiger partial charge in [0, 0.05) is 22.2 Å². The molecule has 0 spiro atoms. The third-order valence-electron chi connectivity index (χ3n) is 4.18. The smallest absolute Gasteiger partial charge is 0.159 e. The van der Waals surface area contributed by atoms with Gasteiger partial charge in [0.15, 0.2) is 5.78 Å². The summed E-state index contributed by atoms with van der Waals surface area (Å²) in [7, 11) is 0. The van der Waals surface area contributed by atoms with Gasteiger partial charge in [0.25, 0.3) is 0 Å². The molecule has 4 nitrogen and oxygen atoms in total. The molecule has 0 aliphatic carbocycles. The van der Waals surface area contributed by atoms with Crippen LogP contribution in [0.4, 0.5) is 11.4 Å². The number of aliphatic imine (C=N–C) groups is 1. The van der Waals surface area contributed by atoms with Crippen LogP contribution in [0.15, 0.2) is 27.9 Å². The Hall–Kier alpha value is -1.52. The highest BCUT2D eigenvalue weighted by atomic mass is 35.5. The maximum atomic E-state index is 11.7. The molecule has 0 radical (unpaired) electrons. The van der Waals surface area contributed by atoms with Gasteiger partial charge in [0.05, 0.1) is 17.9 Å². The van der Waals surface area contributed by atoms with Crippen molar-refractivity contribution < 1.29 is 4.79 Å². The van der Waals surface area contributed by atoms with Crippen molar-refractivity contribution in [3.8, 4) is 0 Å². The molecule has 0 amide bonds. The first-order chi connectivity index (χ1) is 11.0. The number of hydrogen-bond donors (Lipinski definition) is 2. The van der Waals surface area contributed by atoms with Crippen molar-refractivity contribution in [2.75, 3.05) is 17.6 Å². The third-order valence-corrected chi connectivity index (χ3v) is 4.78. The number of nitrogens with two attached hydrogens (primary N) is 1. The predicted molar refractivity (Wildman–Crippen MR) is 103 cm³/mol. The van der Waals surface area contributed by atoms with Gasteiger partial charge in [-0.3, -0.25) is 4.79 Å². The minimum atomic E-state index is -0.0990. The lowest BCUT2D eigenvalue weighted by Crippen LogP contribution is -2.22. The topological polar surface area (TPSA) is 67.5 Å². The molecule has 0 saturated heterocycles. The first-order valence-corrected chi connectivity index (χ1v) is 8.59. The van der Waals surface area contributed by atoms with Gasteiger partial charge >= 0.3 is 0 Å². The maximum absolute atomic E-state index is 11.7. The number of nitrogen functional groups attached to an aromatic ring is 1. The number of benzene rings is 1. The zero-order valence-electron chi connectivity index (χ0n) is 14.6. The van der Waals surface area contributed by atoms with Crippen LogP contribution in [0.5, 0.6) is 0 Å². The Bertz CT molecular complexity index is 745. The summed E-state index contributed by atoms with van der Waals surface area (Å²) in [5.41, 5.74) is 9.76. The van der Waals surface area contributed by atoms with E-state index in [1.807, 2.05) is 13.0 Å². The van der Waals surface area contributed by atoms with Crippen molar-refractivity contribution in [3.63, 3.8) is 0 Å². The monoisotopic (exact) mass is 367 g/mol. The van der Waals surface area contributed by atoms with E-state index in [9.17, 15) is 4.79 Å². The van der Waals surface area contributed by atoms with Crippen LogP contribution >= 0.6 is 23.2 Å². The van der Waals surface area contributed by atoms with Crippen molar-refractivity contribution in [1.29, 1.82) is 0 Å². The molecular formula is C18H23Cl2N3O. The SMILES string of the molecule is CC(=O)C1=C(Cl)N=C(CNc2cc(C(C)(C)C)c(Cl)cc2N)C1C. The Balaban J connectivity index is 2.20. The lowest BCUT2D eigenvalue weighted by Gasteiger charge is -2.23. The van der Waals surface area contributed by atoms with Crippen molar-refractivity contribution >= 4 is 46.1 Å². The van der Waals surface area contributed by atoms with E-state index in [0.717, 1.165) is 17.0 Å². The van der Waals surface area contributed by atoms with Gasteiger partial charge in [-0.05, 0) is 30.0 Å². The van der Waals surface area contributed by atoms with E-state index in [0.29, 0.717) is 22.8 Å². The quantitative estimate of drug-likeness (QED) is 0.595. The number of anilines is 2. The molecule has 0 saturated carbocycles. The number of carbonyl (C=O) groups excluding carboxylic acids is 1. The van der Waals surface area contributed by atoms with Crippen LogP contribution in [0.25, 0.3) is 0 Å². The summed E-state index contributed by atoms with van der Waals surface area (Å²) in [6.45, 7) is 10.2. The number of nitrogens with one attached hydrogen (secondary N) is 1. The normalized spacial score (nSPS) is 18.0. The van der Waals surface area contributed by atoms with E-state index in [1.165, 1.54) is 6.92 Å². The second kappa shape index (κ2) is 6.77. The molecule has 1 aliphatic rings. The molecule has 0 aromatic heterocycles. The van der Waals surface area contributed by atoms with Crippen molar-refractivity contribution in [3.05, 3.63) is 33.4 Å². The molecule has 1 aromatic carbocycles. The average Bonchev–Trinajstić information content (AvgIpc) is 2.71. The Kier molecular flexibility index (Phi) is 5.31. The van der Waals surface area contributed by atoms with Gasteiger partial charge in [-0.1, -0.05) is 50.9 Å². The first kappa shape index (κ1) is 18.8. The fraction of sp³-hybridized carbons (Fsp3) is 0.444. The second-order valence-electron chi connectivity index (χ2n) is 7.11. The van der Waals surface area contributed by atoms with Crippen LogP contribution in [0.1, 0.15) is 40.2 Å². The fourth-order valence-corrected chi connectivity index (χ4v) is 3.63. The van der Waals surface area contributed by atoms with Crippen LogP contribution in [0, 0.1) is 5.92 Å². The van der Waals surface area contributed by atoms with Crippen LogP contribution in [0.2, 0.25) is 5.02 Å². The molecule has 2 rings (SSSR count). The van der Waals surface area contributed by atoms with Gasteiger partial charge in [-0.25, -0.2) is 4.99 Å². The van der Waals surface area contributed by atoms with E-state index in [-0.39, 0.29) is 22.3 Å². The predicted octanol–water partition coefficient (Wildman–Crippen LogP) is 4.76. The molecule has 1 heterocycles. The van der Waals surface area contributed by atoms with E-state index < -0.39 is 0 Å². The van der Waals surface area contributed by atoms with Crippen molar-refractivity contribution in [2.24, 2.45) is 10.9 Å². The van der Waals surface area contributed by atoms with E-state index in [2.05, 4.69) is 31.1 Å². The third kappa shape index (κ3) is 3.76. The number of Topliss-reactive ketones (excluding diaryl/α,β-unsaturated/α-hetero) is 1. The minimum Gasteiger partial charge on any atom is -0.397 e. The molecule has 3 N–H and O–H groups in total. The molecular weight excluding hydrogens is 345 g/mol. The maximum Gasteiger partial charge on any atom is 0.159 e. The van der Waals surface area contributed by atoms with Crippen LogP contribution < -0.4 is 11.1 Å². The highest BCUT2D eigenvalue weighted by molar-refractivity contribution is 6.34. The Morgan fingerprint density at radius 2 is 1.96 bits per heavy atom. The number of rotatable bonds is 4. The summed E-state index contributed by atoms with van der Waals surface area (Å²) in [4.78, 5) is 16.0. The molecule has 1 aliphatic heterocycles. The fourth-order valence-electron chi connectivity index (χ4n) is 2.77. The number of nitrogens with zero attached hydrogens (tertiary/aromatic N) is 1. The molecule has 1 unspecified atom stereocenters. The first-order valence-electron chi connectivity index (χ1n) is 7.83. The Labute approximate surface area is 153 Å². The zero-order chi connectivity index (χ0) is 18.2. The molecule has 130 valence electrons. The molecule has 0 fully saturated rings. The average molecular weight is 368 g/mol. The lowest BCUT2D eigenvalue weighted by atomic mass is 9.86. The summed E-state index contributed by atoms with van der Waals surface area (Å²) < 4.78 is 0. The number of ketones is 1. The van der Waals surface area contributed by atoms with Gasteiger partial charge in [-0.2, -0.15) is 0 Å². The second-order valence-corrected chi connectivity index (χ2v) is 7.87. The number of hydrogen-bond acceptors (Lipinski definition) is 4. The number of halogens is 2. The summed E-state index contributed by atoms with van der Waals surface area (Å²) in [6, 6.07) is 3.73. The van der Waals surface area contributed by atoms with Crippen LogP contribution in [-0.4, -0.2) is 18.0 Å². The standard InChI is InChI=1S/C18H23Cl2N3O/c1-9-15(23-17(20)16(9)10(2)24)8-22-14-6-11(18(3,4)5)12(19)7-13(14)21/h6-7,9,22H,8,21H2,1-5H3. The number of carbonyl (C=O) groups is 1. The minimum absolute atomic E-state index is 0.0488. The summed E-state index contributed by atoms with van der Waals surface area (Å²) in [5.74, 6) is -0.148. The van der Waals surface area contributed by atoms with Crippen LogP contribution in [-0.2, 0) is 10.2 Å². The van der Waals surface area contributed by atoms with Gasteiger partial charge in [0.1, 0.15) is 5.16 Å². The largest absolute Gasteiger partial charge is 0.397 e. The summed E-state index contributed by atoms with van der Waals surface area (Å²) in [5, 5.41) is 4.23. The molecule has 0 bridgehead atoms. The van der Waals surface area contributed by atoms with Crippen LogP contribution in [0.3, 0.4) is 0 Å². The summed E-state index contributed by atoms with van der Waals surface area (Å²) >= 11 is 12.4. The molecule has 6 heteroatoms. The number of allylic oxidation sites excluding steroid dienone is 1. The molecule has 24 heavy (non-hydrogen) atoms. The van der Waals surface area contributed by atoms with E-state index >= 15 is 0 Å². The Morgan fingerprint density at radius 3 is 2.46 bits per heavy atom. The van der Waals surface area contributed by atoms with Crippen molar-refractivity contribution in [1.82, 2.24) is 0 Å². The molecule has 1 aromatic rings. The highest BCUT2D eigenvalue weighted by Crippen LogP contribution is 2.35. The van der Waals surface area contributed by atoms with Gasteiger partial charge < -0.3 is 11.1 Å². The van der Waals surface area contributed by atoms with Gasteiger partial charge in [-0.15, -0.1) is 0 Å².